The Kier molecular flexibility index (Phi) is 2.32. The van der Waals surface area contributed by atoms with Gasteiger partial charge in [-0.1, -0.05) is 11.6 Å². The van der Waals surface area contributed by atoms with Gasteiger partial charge in [0, 0.05) is 5.02 Å². The number of rotatable bonds is 1. The standard InChI is InChI=1S/C8H4ClNO2/c9-6-1-2-7(8(11)12)5(3-6)4-10/h1-3H,(H,11,12). The molecule has 0 amide bonds. The third-order valence-electron chi connectivity index (χ3n) is 1.33. The summed E-state index contributed by atoms with van der Waals surface area (Å²) in [5.41, 5.74) is 0.0527. The fourth-order valence-corrected chi connectivity index (χ4v) is 0.968. The van der Waals surface area contributed by atoms with Gasteiger partial charge in [0.2, 0.25) is 0 Å². The van der Waals surface area contributed by atoms with Crippen molar-refractivity contribution in [3.05, 3.63) is 34.3 Å². The highest BCUT2D eigenvalue weighted by Crippen LogP contribution is 2.14. The lowest BCUT2D eigenvalue weighted by molar-refractivity contribution is 0.0696. The number of hydrogen-bond donors (Lipinski definition) is 1. The lowest BCUT2D eigenvalue weighted by Gasteiger charge is -1.96. The highest BCUT2D eigenvalue weighted by atomic mass is 35.5. The Hall–Kier alpha value is -1.53. The zero-order valence-electron chi connectivity index (χ0n) is 5.91. The molecular formula is C8H4ClNO2. The summed E-state index contributed by atoms with van der Waals surface area (Å²) >= 11 is 5.56. The molecule has 1 aromatic carbocycles. The van der Waals surface area contributed by atoms with E-state index in [1.54, 1.807) is 6.07 Å². The molecule has 0 saturated carbocycles. The van der Waals surface area contributed by atoms with Crippen molar-refractivity contribution >= 4 is 17.6 Å². The van der Waals surface area contributed by atoms with Crippen LogP contribution < -0.4 is 0 Å². The quantitative estimate of drug-likeness (QED) is 0.720. The summed E-state index contributed by atoms with van der Waals surface area (Å²) in [5, 5.41) is 17.5. The van der Waals surface area contributed by atoms with Crippen molar-refractivity contribution in [1.82, 2.24) is 0 Å². The second kappa shape index (κ2) is 3.24. The summed E-state index contributed by atoms with van der Waals surface area (Å²) in [6.07, 6.45) is 0. The van der Waals surface area contributed by atoms with Gasteiger partial charge in [-0.25, -0.2) is 4.79 Å². The van der Waals surface area contributed by atoms with Crippen LogP contribution in [0.25, 0.3) is 0 Å². The number of halogens is 1. The molecule has 0 fully saturated rings. The first-order valence-electron chi connectivity index (χ1n) is 3.08. The van der Waals surface area contributed by atoms with Crippen molar-refractivity contribution in [1.29, 1.82) is 5.26 Å². The van der Waals surface area contributed by atoms with E-state index in [0.717, 1.165) is 0 Å². The van der Waals surface area contributed by atoms with Crippen LogP contribution in [0.15, 0.2) is 18.2 Å². The highest BCUT2D eigenvalue weighted by molar-refractivity contribution is 6.30. The van der Waals surface area contributed by atoms with Crippen LogP contribution in [0.5, 0.6) is 0 Å². The monoisotopic (exact) mass is 181 g/mol. The lowest BCUT2D eigenvalue weighted by atomic mass is 10.1. The fraction of sp³-hybridized carbons (Fsp3) is 0. The molecule has 60 valence electrons. The Bertz CT molecular complexity index is 368. The summed E-state index contributed by atoms with van der Waals surface area (Å²) in [6.45, 7) is 0. The summed E-state index contributed by atoms with van der Waals surface area (Å²) in [7, 11) is 0. The minimum absolute atomic E-state index is 0.0260. The topological polar surface area (TPSA) is 61.1 Å². The van der Waals surface area contributed by atoms with Gasteiger partial charge < -0.3 is 5.11 Å². The number of nitrogens with zero attached hydrogens (tertiary/aromatic N) is 1. The average molecular weight is 182 g/mol. The van der Waals surface area contributed by atoms with E-state index in [0.29, 0.717) is 5.02 Å². The van der Waals surface area contributed by atoms with E-state index in [2.05, 4.69) is 0 Å². The van der Waals surface area contributed by atoms with Gasteiger partial charge in [0.05, 0.1) is 11.1 Å². The van der Waals surface area contributed by atoms with E-state index in [-0.39, 0.29) is 11.1 Å². The van der Waals surface area contributed by atoms with E-state index in [1.165, 1.54) is 18.2 Å². The maximum atomic E-state index is 10.5. The lowest BCUT2D eigenvalue weighted by Crippen LogP contribution is -1.99. The van der Waals surface area contributed by atoms with Gasteiger partial charge in [-0.05, 0) is 18.2 Å². The summed E-state index contributed by atoms with van der Waals surface area (Å²) in [4.78, 5) is 10.5. The van der Waals surface area contributed by atoms with Crippen molar-refractivity contribution in [2.45, 2.75) is 0 Å². The molecule has 0 radical (unpaired) electrons. The number of benzene rings is 1. The van der Waals surface area contributed by atoms with Crippen molar-refractivity contribution in [2.24, 2.45) is 0 Å². The Balaban J connectivity index is 3.32. The minimum atomic E-state index is -1.12. The van der Waals surface area contributed by atoms with Crippen molar-refractivity contribution in [2.75, 3.05) is 0 Å². The van der Waals surface area contributed by atoms with Crippen molar-refractivity contribution in [3.63, 3.8) is 0 Å². The molecule has 0 aliphatic heterocycles. The van der Waals surface area contributed by atoms with Crippen LogP contribution in [0.1, 0.15) is 15.9 Å². The molecule has 0 saturated heterocycles. The smallest absolute Gasteiger partial charge is 0.337 e. The first kappa shape index (κ1) is 8.57. The SMILES string of the molecule is N#Cc1cc(Cl)ccc1C(=O)O. The van der Waals surface area contributed by atoms with E-state index >= 15 is 0 Å². The van der Waals surface area contributed by atoms with Crippen LogP contribution in [0, 0.1) is 11.3 Å². The van der Waals surface area contributed by atoms with E-state index in [4.69, 9.17) is 22.0 Å². The molecule has 0 atom stereocenters. The van der Waals surface area contributed by atoms with Gasteiger partial charge in [-0.2, -0.15) is 5.26 Å². The number of aromatic carboxylic acids is 1. The number of hydrogen-bond acceptors (Lipinski definition) is 2. The van der Waals surface area contributed by atoms with Gasteiger partial charge in [-0.15, -0.1) is 0 Å². The van der Waals surface area contributed by atoms with Crippen LogP contribution in [-0.2, 0) is 0 Å². The third kappa shape index (κ3) is 1.55. The molecule has 1 rings (SSSR count). The van der Waals surface area contributed by atoms with Crippen LogP contribution in [0.3, 0.4) is 0 Å². The Morgan fingerprint density at radius 3 is 2.75 bits per heavy atom. The van der Waals surface area contributed by atoms with Crippen molar-refractivity contribution < 1.29 is 9.90 Å². The van der Waals surface area contributed by atoms with E-state index in [1.807, 2.05) is 0 Å². The number of carboxylic acids is 1. The highest BCUT2D eigenvalue weighted by Gasteiger charge is 2.08. The van der Waals surface area contributed by atoms with Crippen LogP contribution in [-0.4, -0.2) is 11.1 Å². The molecule has 0 unspecified atom stereocenters. The number of carbonyl (C=O) groups is 1. The molecule has 3 nitrogen and oxygen atoms in total. The van der Waals surface area contributed by atoms with Gasteiger partial charge in [0.25, 0.3) is 0 Å². The predicted octanol–water partition coefficient (Wildman–Crippen LogP) is 1.91. The zero-order chi connectivity index (χ0) is 9.14. The first-order valence-corrected chi connectivity index (χ1v) is 3.46. The summed E-state index contributed by atoms with van der Waals surface area (Å²) in [6, 6.07) is 5.82. The largest absolute Gasteiger partial charge is 0.478 e. The molecule has 0 spiro atoms. The molecule has 0 aromatic heterocycles. The molecule has 0 bridgehead atoms. The Labute approximate surface area is 73.8 Å². The predicted molar refractivity (Wildman–Crippen MR) is 43.1 cm³/mol. The molecule has 12 heavy (non-hydrogen) atoms. The summed E-state index contributed by atoms with van der Waals surface area (Å²) < 4.78 is 0. The average Bonchev–Trinajstić information content (AvgIpc) is 2.03. The van der Waals surface area contributed by atoms with Crippen LogP contribution >= 0.6 is 11.6 Å². The molecule has 0 heterocycles. The fourth-order valence-electron chi connectivity index (χ4n) is 0.795. The molecule has 0 aliphatic rings. The maximum Gasteiger partial charge on any atom is 0.337 e. The normalized spacial score (nSPS) is 9.00. The van der Waals surface area contributed by atoms with Crippen LogP contribution in [0.2, 0.25) is 5.02 Å². The van der Waals surface area contributed by atoms with Gasteiger partial charge >= 0.3 is 5.97 Å². The first-order chi connectivity index (χ1) is 5.65. The second-order valence-electron chi connectivity index (χ2n) is 2.11. The van der Waals surface area contributed by atoms with Crippen LogP contribution in [0.4, 0.5) is 0 Å². The van der Waals surface area contributed by atoms with E-state index < -0.39 is 5.97 Å². The Morgan fingerprint density at radius 2 is 2.25 bits per heavy atom. The molecule has 4 heteroatoms. The third-order valence-corrected chi connectivity index (χ3v) is 1.57. The number of nitriles is 1. The second-order valence-corrected chi connectivity index (χ2v) is 2.54. The van der Waals surface area contributed by atoms with E-state index in [9.17, 15) is 4.79 Å². The Morgan fingerprint density at radius 1 is 1.58 bits per heavy atom. The molecule has 0 aliphatic carbocycles. The number of carboxylic acid groups (broad SMARTS) is 1. The molecule has 1 aromatic rings. The van der Waals surface area contributed by atoms with Gasteiger partial charge in [0.1, 0.15) is 6.07 Å². The maximum absolute atomic E-state index is 10.5. The van der Waals surface area contributed by atoms with Crippen molar-refractivity contribution in [3.8, 4) is 6.07 Å². The molecular weight excluding hydrogens is 178 g/mol. The van der Waals surface area contributed by atoms with Gasteiger partial charge in [0.15, 0.2) is 0 Å². The molecule has 1 N–H and O–H groups in total. The van der Waals surface area contributed by atoms with Gasteiger partial charge in [-0.3, -0.25) is 0 Å². The minimum Gasteiger partial charge on any atom is -0.478 e. The summed E-state index contributed by atoms with van der Waals surface area (Å²) in [5.74, 6) is -1.12. The zero-order valence-corrected chi connectivity index (χ0v) is 6.67.